The smallest absolute Gasteiger partial charge is 0.408 e. The predicted molar refractivity (Wildman–Crippen MR) is 80.9 cm³/mol. The molecule has 8 nitrogen and oxygen atoms in total. The number of nitrogens with zero attached hydrogens (tertiary/aromatic N) is 2. The lowest BCUT2D eigenvalue weighted by molar-refractivity contribution is -0.139. The summed E-state index contributed by atoms with van der Waals surface area (Å²) >= 11 is 6.68. The van der Waals surface area contributed by atoms with Crippen molar-refractivity contribution >= 4 is 46.2 Å². The molecule has 1 heterocycles. The normalized spacial score (nSPS) is 12.4. The molecule has 0 aromatic carbocycles. The molecule has 0 spiro atoms. The fourth-order valence-corrected chi connectivity index (χ4v) is 2.27. The SMILES string of the molecule is CC(=O)N(Cl)c1nc(C(NC(=O)OC(C)(C)C)C(=O)O)cs1. The number of hydrogen-bond donors (Lipinski definition) is 2. The number of thiazole rings is 1. The van der Waals surface area contributed by atoms with Crippen molar-refractivity contribution < 1.29 is 24.2 Å². The molecule has 0 aliphatic carbocycles. The van der Waals surface area contributed by atoms with Gasteiger partial charge in [0.05, 0.1) is 5.69 Å². The summed E-state index contributed by atoms with van der Waals surface area (Å²) in [5.41, 5.74) is -0.715. The highest BCUT2D eigenvalue weighted by Gasteiger charge is 2.28. The van der Waals surface area contributed by atoms with Crippen LogP contribution in [0.4, 0.5) is 9.93 Å². The van der Waals surface area contributed by atoms with Gasteiger partial charge in [0, 0.05) is 24.1 Å². The topological polar surface area (TPSA) is 109 Å². The molecule has 0 aliphatic rings. The summed E-state index contributed by atoms with van der Waals surface area (Å²) in [7, 11) is 0. The molecule has 2 N–H and O–H groups in total. The number of amides is 2. The molecule has 0 saturated carbocycles. The first-order valence-electron chi connectivity index (χ1n) is 6.15. The Hall–Kier alpha value is -1.87. The molecule has 1 aromatic rings. The van der Waals surface area contributed by atoms with Crippen molar-refractivity contribution in [3.63, 3.8) is 0 Å². The molecular weight excluding hydrogens is 334 g/mol. The number of halogens is 1. The lowest BCUT2D eigenvalue weighted by atomic mass is 10.2. The minimum Gasteiger partial charge on any atom is -0.479 e. The fourth-order valence-electron chi connectivity index (χ4n) is 1.32. The third kappa shape index (κ3) is 5.15. The largest absolute Gasteiger partial charge is 0.479 e. The Morgan fingerprint density at radius 1 is 1.45 bits per heavy atom. The highest BCUT2D eigenvalue weighted by molar-refractivity contribution is 7.14. The van der Waals surface area contributed by atoms with Crippen molar-refractivity contribution in [1.29, 1.82) is 0 Å². The van der Waals surface area contributed by atoms with Gasteiger partial charge < -0.3 is 15.2 Å². The maximum absolute atomic E-state index is 11.7. The number of carbonyl (C=O) groups is 3. The van der Waals surface area contributed by atoms with Gasteiger partial charge >= 0.3 is 12.1 Å². The number of nitrogens with one attached hydrogen (secondary N) is 1. The summed E-state index contributed by atoms with van der Waals surface area (Å²) in [6.45, 7) is 6.20. The Morgan fingerprint density at radius 2 is 2.05 bits per heavy atom. The van der Waals surface area contributed by atoms with E-state index in [9.17, 15) is 19.5 Å². The van der Waals surface area contributed by atoms with Gasteiger partial charge in [0.1, 0.15) is 5.60 Å². The van der Waals surface area contributed by atoms with Crippen LogP contribution in [0, 0.1) is 0 Å². The maximum Gasteiger partial charge on any atom is 0.408 e. The van der Waals surface area contributed by atoms with E-state index in [-0.39, 0.29) is 10.8 Å². The Labute approximate surface area is 136 Å². The molecule has 2 amide bonds. The monoisotopic (exact) mass is 349 g/mol. The third-order valence-electron chi connectivity index (χ3n) is 2.16. The number of anilines is 1. The van der Waals surface area contributed by atoms with Gasteiger partial charge in [0.15, 0.2) is 6.04 Å². The van der Waals surface area contributed by atoms with Crippen LogP contribution in [0.25, 0.3) is 0 Å². The molecule has 0 aliphatic heterocycles. The lowest BCUT2D eigenvalue weighted by Crippen LogP contribution is -2.38. The number of carboxylic acid groups (broad SMARTS) is 1. The number of ether oxygens (including phenoxy) is 1. The van der Waals surface area contributed by atoms with Crippen LogP contribution in [0.1, 0.15) is 39.4 Å². The van der Waals surface area contributed by atoms with E-state index in [1.54, 1.807) is 20.8 Å². The summed E-state index contributed by atoms with van der Waals surface area (Å²) in [6, 6.07) is -1.41. The average Bonchev–Trinajstić information content (AvgIpc) is 2.81. The van der Waals surface area contributed by atoms with Crippen molar-refractivity contribution in [2.75, 3.05) is 4.42 Å². The number of rotatable bonds is 4. The first-order chi connectivity index (χ1) is 10.0. The highest BCUT2D eigenvalue weighted by atomic mass is 35.5. The summed E-state index contributed by atoms with van der Waals surface area (Å²) in [5.74, 6) is -1.78. The zero-order chi connectivity index (χ0) is 17.1. The minimum atomic E-state index is -1.41. The van der Waals surface area contributed by atoms with Crippen molar-refractivity contribution in [2.24, 2.45) is 0 Å². The first kappa shape index (κ1) is 18.2. The van der Waals surface area contributed by atoms with Crippen molar-refractivity contribution in [3.8, 4) is 0 Å². The molecule has 1 unspecified atom stereocenters. The molecule has 0 fully saturated rings. The Bertz CT molecular complexity index is 584. The van der Waals surface area contributed by atoms with Crippen LogP contribution in [-0.4, -0.2) is 33.7 Å². The number of aromatic nitrogens is 1. The second kappa shape index (κ2) is 6.93. The number of carboxylic acids is 1. The second-order valence-electron chi connectivity index (χ2n) is 5.27. The van der Waals surface area contributed by atoms with E-state index in [0.717, 1.165) is 15.8 Å². The van der Waals surface area contributed by atoms with Gasteiger partial charge in [-0.15, -0.1) is 11.3 Å². The van der Waals surface area contributed by atoms with Crippen LogP contribution in [0.3, 0.4) is 0 Å². The van der Waals surface area contributed by atoms with Crippen LogP contribution in [-0.2, 0) is 14.3 Å². The van der Waals surface area contributed by atoms with Crippen LogP contribution in [0.5, 0.6) is 0 Å². The maximum atomic E-state index is 11.7. The lowest BCUT2D eigenvalue weighted by Gasteiger charge is -2.21. The van der Waals surface area contributed by atoms with Gasteiger partial charge in [0.2, 0.25) is 11.0 Å². The summed E-state index contributed by atoms with van der Waals surface area (Å²) in [5, 5.41) is 12.9. The van der Waals surface area contributed by atoms with E-state index in [1.165, 1.54) is 12.3 Å². The van der Waals surface area contributed by atoms with E-state index in [1.807, 2.05) is 0 Å². The molecule has 122 valence electrons. The van der Waals surface area contributed by atoms with Crippen LogP contribution >= 0.6 is 23.1 Å². The van der Waals surface area contributed by atoms with E-state index in [2.05, 4.69) is 10.3 Å². The van der Waals surface area contributed by atoms with Crippen LogP contribution < -0.4 is 9.74 Å². The highest BCUT2D eigenvalue weighted by Crippen LogP contribution is 2.26. The number of alkyl carbamates (subject to hydrolysis) is 1. The summed E-state index contributed by atoms with van der Waals surface area (Å²) < 4.78 is 5.77. The number of aliphatic carboxylic acids is 1. The summed E-state index contributed by atoms with van der Waals surface area (Å²) in [4.78, 5) is 38.1. The van der Waals surface area contributed by atoms with E-state index in [4.69, 9.17) is 16.5 Å². The van der Waals surface area contributed by atoms with Crippen molar-refractivity contribution in [3.05, 3.63) is 11.1 Å². The Morgan fingerprint density at radius 3 is 2.50 bits per heavy atom. The molecule has 0 radical (unpaired) electrons. The van der Waals surface area contributed by atoms with Crippen LogP contribution in [0.15, 0.2) is 5.38 Å². The van der Waals surface area contributed by atoms with Crippen molar-refractivity contribution in [1.82, 2.24) is 10.3 Å². The fraction of sp³-hybridized carbons (Fsp3) is 0.500. The third-order valence-corrected chi connectivity index (χ3v) is 3.50. The minimum absolute atomic E-state index is 0.0465. The number of hydrogen-bond acceptors (Lipinski definition) is 6. The Kier molecular flexibility index (Phi) is 5.72. The van der Waals surface area contributed by atoms with Gasteiger partial charge in [-0.2, -0.15) is 4.42 Å². The molecule has 1 atom stereocenters. The number of carbonyl (C=O) groups excluding carboxylic acids is 2. The molecule has 1 aromatic heterocycles. The van der Waals surface area contributed by atoms with Gasteiger partial charge in [-0.25, -0.2) is 14.6 Å². The molecule has 10 heteroatoms. The van der Waals surface area contributed by atoms with Gasteiger partial charge in [-0.1, -0.05) is 0 Å². The molecule has 22 heavy (non-hydrogen) atoms. The standard InChI is InChI=1S/C12H16ClN3O5S/c1-6(17)16(13)10-14-7(5-22-10)8(9(18)19)15-11(20)21-12(2,3)4/h5,8H,1-4H3,(H,15,20)(H,18,19). The molecular formula is C12H16ClN3O5S. The zero-order valence-corrected chi connectivity index (χ0v) is 14.0. The first-order valence-corrected chi connectivity index (χ1v) is 7.37. The predicted octanol–water partition coefficient (Wildman–Crippen LogP) is 2.30. The molecule has 1 rings (SSSR count). The van der Waals surface area contributed by atoms with Gasteiger partial charge in [0.25, 0.3) is 0 Å². The summed E-state index contributed by atoms with van der Waals surface area (Å²) in [6.07, 6.45) is -0.885. The quantitative estimate of drug-likeness (QED) is 0.807. The van der Waals surface area contributed by atoms with E-state index < -0.39 is 29.6 Å². The van der Waals surface area contributed by atoms with Crippen molar-refractivity contribution in [2.45, 2.75) is 39.3 Å². The molecule has 0 bridgehead atoms. The second-order valence-corrected chi connectivity index (χ2v) is 6.45. The Balaban J connectivity index is 2.91. The average molecular weight is 350 g/mol. The van der Waals surface area contributed by atoms with Gasteiger partial charge in [-0.3, -0.25) is 4.79 Å². The van der Waals surface area contributed by atoms with Crippen LogP contribution in [0.2, 0.25) is 0 Å². The zero-order valence-electron chi connectivity index (χ0n) is 12.4. The van der Waals surface area contributed by atoms with E-state index >= 15 is 0 Å². The van der Waals surface area contributed by atoms with E-state index in [0.29, 0.717) is 0 Å². The molecule has 0 saturated heterocycles. The van der Waals surface area contributed by atoms with Gasteiger partial charge in [-0.05, 0) is 20.8 Å².